The zero-order valence-electron chi connectivity index (χ0n) is 15.3. The number of hydrogen-bond donors (Lipinski definition) is 2. The van der Waals surface area contributed by atoms with E-state index in [1.165, 1.54) is 0 Å². The molecule has 27 heavy (non-hydrogen) atoms. The van der Waals surface area contributed by atoms with E-state index in [0.717, 1.165) is 47.3 Å². The summed E-state index contributed by atoms with van der Waals surface area (Å²) in [5.41, 5.74) is 2.08. The maximum Gasteiger partial charge on any atom is 0.242 e. The van der Waals surface area contributed by atoms with Crippen molar-refractivity contribution in [2.45, 2.75) is 25.6 Å². The number of anilines is 2. The molecule has 2 N–H and O–H groups in total. The van der Waals surface area contributed by atoms with Gasteiger partial charge in [-0.1, -0.05) is 23.7 Å². The number of hydrogen-bond acceptors (Lipinski definition) is 6. The Morgan fingerprint density at radius 1 is 1.26 bits per heavy atom. The van der Waals surface area contributed by atoms with E-state index in [2.05, 4.69) is 20.6 Å². The number of carbonyl (C=O) groups is 1. The average Bonchev–Trinajstić information content (AvgIpc) is 3.16. The second-order valence-electron chi connectivity index (χ2n) is 7.03. The third-order valence-electron chi connectivity index (χ3n) is 5.15. The summed E-state index contributed by atoms with van der Waals surface area (Å²) in [5.74, 6) is 1.71. The second kappa shape index (κ2) is 7.70. The van der Waals surface area contributed by atoms with Gasteiger partial charge in [0.15, 0.2) is 0 Å². The molecule has 1 aromatic heterocycles. The number of rotatable bonds is 4. The molecule has 0 saturated carbocycles. The van der Waals surface area contributed by atoms with Crippen LogP contribution in [0, 0.1) is 0 Å². The van der Waals surface area contributed by atoms with Gasteiger partial charge < -0.3 is 20.4 Å². The van der Waals surface area contributed by atoms with E-state index >= 15 is 0 Å². The normalized spacial score (nSPS) is 19.8. The van der Waals surface area contributed by atoms with Crippen LogP contribution in [-0.4, -0.2) is 53.5 Å². The number of halogens is 1. The fraction of sp³-hybridized carbons (Fsp3) is 0.421. The maximum atomic E-state index is 12.8. The van der Waals surface area contributed by atoms with E-state index in [1.807, 2.05) is 41.1 Å². The van der Waals surface area contributed by atoms with E-state index in [-0.39, 0.29) is 11.9 Å². The van der Waals surface area contributed by atoms with E-state index in [9.17, 15) is 4.79 Å². The number of amides is 1. The summed E-state index contributed by atoms with van der Waals surface area (Å²) >= 11 is 5.96. The molecule has 4 rings (SSSR count). The van der Waals surface area contributed by atoms with Crippen molar-refractivity contribution in [3.63, 3.8) is 0 Å². The third kappa shape index (κ3) is 3.84. The van der Waals surface area contributed by atoms with Crippen molar-refractivity contribution in [1.82, 2.24) is 20.2 Å². The lowest BCUT2D eigenvalue weighted by molar-refractivity contribution is -0.132. The summed E-state index contributed by atoms with van der Waals surface area (Å²) in [7, 11) is 1.91. The molecule has 0 bridgehead atoms. The molecule has 2 aliphatic heterocycles. The molecule has 7 nitrogen and oxygen atoms in total. The highest BCUT2D eigenvalue weighted by Crippen LogP contribution is 2.29. The molecule has 1 fully saturated rings. The molecule has 1 atom stereocenters. The molecule has 0 aliphatic carbocycles. The zero-order chi connectivity index (χ0) is 18.8. The van der Waals surface area contributed by atoms with Crippen molar-refractivity contribution in [3.05, 3.63) is 46.7 Å². The van der Waals surface area contributed by atoms with Crippen molar-refractivity contribution in [2.24, 2.45) is 0 Å². The van der Waals surface area contributed by atoms with Crippen LogP contribution < -0.4 is 15.5 Å². The van der Waals surface area contributed by atoms with Crippen molar-refractivity contribution >= 4 is 29.1 Å². The third-order valence-corrected chi connectivity index (χ3v) is 5.41. The Labute approximate surface area is 163 Å². The molecule has 142 valence electrons. The minimum absolute atomic E-state index is 0.132. The predicted molar refractivity (Wildman–Crippen MR) is 106 cm³/mol. The molecule has 3 heterocycles. The Bertz CT molecular complexity index is 821. The van der Waals surface area contributed by atoms with Gasteiger partial charge in [-0.05, 0) is 30.7 Å². The largest absolute Gasteiger partial charge is 0.366 e. The molecular formula is C19H23ClN6O. The van der Waals surface area contributed by atoms with Crippen LogP contribution in [0.25, 0.3) is 0 Å². The Hall–Kier alpha value is -2.38. The Balaban J connectivity index is 1.60. The van der Waals surface area contributed by atoms with Crippen molar-refractivity contribution < 1.29 is 4.79 Å². The minimum atomic E-state index is 0.132. The molecule has 1 aromatic carbocycles. The van der Waals surface area contributed by atoms with Crippen LogP contribution >= 0.6 is 11.6 Å². The van der Waals surface area contributed by atoms with Crippen LogP contribution in [0.2, 0.25) is 5.02 Å². The van der Waals surface area contributed by atoms with Gasteiger partial charge in [-0.2, -0.15) is 0 Å². The summed E-state index contributed by atoms with van der Waals surface area (Å²) in [6, 6.07) is 7.95. The number of nitrogens with zero attached hydrogens (tertiary/aromatic N) is 4. The standard InChI is InChI=1S/C19H23ClN6O/c1-25-11-17(27)26(15-6-7-21-9-15)10-16-18(23-12-24-19(16)25)22-8-13-2-4-14(20)5-3-13/h2-5,12,15,21H,6-11H2,1H3,(H,22,23,24). The van der Waals surface area contributed by atoms with Crippen LogP contribution in [-0.2, 0) is 17.9 Å². The Kier molecular flexibility index (Phi) is 5.13. The quantitative estimate of drug-likeness (QED) is 0.835. The number of likely N-dealkylation sites (N-methyl/N-ethyl adjacent to an activating group) is 1. The van der Waals surface area contributed by atoms with Gasteiger partial charge in [-0.25, -0.2) is 9.97 Å². The highest BCUT2D eigenvalue weighted by atomic mass is 35.5. The molecule has 8 heteroatoms. The topological polar surface area (TPSA) is 73.4 Å². The SMILES string of the molecule is CN1CC(=O)N(C2CCNC2)Cc2c(NCc3ccc(Cl)cc3)ncnc21. The number of benzene rings is 1. The number of fused-ring (bicyclic) bond motifs is 1. The van der Waals surface area contributed by atoms with Gasteiger partial charge in [0.25, 0.3) is 0 Å². The smallest absolute Gasteiger partial charge is 0.242 e. The Morgan fingerprint density at radius 2 is 2.07 bits per heavy atom. The van der Waals surface area contributed by atoms with Gasteiger partial charge in [-0.15, -0.1) is 0 Å². The van der Waals surface area contributed by atoms with Gasteiger partial charge in [-0.3, -0.25) is 4.79 Å². The summed E-state index contributed by atoms with van der Waals surface area (Å²) in [5, 5.41) is 7.47. The monoisotopic (exact) mass is 386 g/mol. The molecule has 2 aliphatic rings. The van der Waals surface area contributed by atoms with Crippen molar-refractivity contribution in [3.8, 4) is 0 Å². The highest BCUT2D eigenvalue weighted by molar-refractivity contribution is 6.30. The first-order valence-electron chi connectivity index (χ1n) is 9.15. The van der Waals surface area contributed by atoms with Gasteiger partial charge in [0, 0.05) is 31.2 Å². The van der Waals surface area contributed by atoms with Crippen LogP contribution in [0.4, 0.5) is 11.6 Å². The van der Waals surface area contributed by atoms with Gasteiger partial charge in [0.05, 0.1) is 18.7 Å². The van der Waals surface area contributed by atoms with Crippen LogP contribution in [0.5, 0.6) is 0 Å². The van der Waals surface area contributed by atoms with E-state index in [4.69, 9.17) is 11.6 Å². The molecule has 1 saturated heterocycles. The number of aromatic nitrogens is 2. The van der Waals surface area contributed by atoms with Gasteiger partial charge >= 0.3 is 0 Å². The maximum absolute atomic E-state index is 12.8. The van der Waals surface area contributed by atoms with Gasteiger partial charge in [0.1, 0.15) is 18.0 Å². The summed E-state index contributed by atoms with van der Waals surface area (Å²) in [6.07, 6.45) is 2.53. The molecular weight excluding hydrogens is 364 g/mol. The molecule has 0 spiro atoms. The average molecular weight is 387 g/mol. The lowest BCUT2D eigenvalue weighted by Gasteiger charge is -2.27. The molecule has 2 aromatic rings. The Morgan fingerprint density at radius 3 is 2.81 bits per heavy atom. The number of nitrogens with one attached hydrogen (secondary N) is 2. The fourth-order valence-electron chi connectivity index (χ4n) is 3.68. The van der Waals surface area contributed by atoms with Crippen LogP contribution in [0.1, 0.15) is 17.5 Å². The van der Waals surface area contributed by atoms with E-state index < -0.39 is 0 Å². The fourth-order valence-corrected chi connectivity index (χ4v) is 3.81. The van der Waals surface area contributed by atoms with Crippen LogP contribution in [0.3, 0.4) is 0 Å². The minimum Gasteiger partial charge on any atom is -0.366 e. The van der Waals surface area contributed by atoms with E-state index in [0.29, 0.717) is 19.6 Å². The zero-order valence-corrected chi connectivity index (χ0v) is 16.0. The predicted octanol–water partition coefficient (Wildman–Crippen LogP) is 1.88. The van der Waals surface area contributed by atoms with Crippen LogP contribution in [0.15, 0.2) is 30.6 Å². The molecule has 1 amide bonds. The summed E-state index contributed by atoms with van der Waals surface area (Å²) < 4.78 is 0. The first-order valence-corrected chi connectivity index (χ1v) is 9.53. The number of carbonyl (C=O) groups excluding carboxylic acids is 1. The second-order valence-corrected chi connectivity index (χ2v) is 7.47. The van der Waals surface area contributed by atoms with Gasteiger partial charge in [0.2, 0.25) is 5.91 Å². The van der Waals surface area contributed by atoms with Crippen molar-refractivity contribution in [1.29, 1.82) is 0 Å². The van der Waals surface area contributed by atoms with E-state index in [1.54, 1.807) is 6.33 Å². The summed E-state index contributed by atoms with van der Waals surface area (Å²) in [6.45, 7) is 3.27. The highest BCUT2D eigenvalue weighted by Gasteiger charge is 2.32. The molecule has 0 radical (unpaired) electrons. The molecule has 1 unspecified atom stereocenters. The lowest BCUT2D eigenvalue weighted by Crippen LogP contribution is -2.43. The van der Waals surface area contributed by atoms with Crippen molar-refractivity contribution in [2.75, 3.05) is 36.9 Å². The first-order chi connectivity index (χ1) is 13.1. The first kappa shape index (κ1) is 18.0. The summed E-state index contributed by atoms with van der Waals surface area (Å²) in [4.78, 5) is 25.6. The lowest BCUT2D eigenvalue weighted by atomic mass is 10.1.